The third-order valence-corrected chi connectivity index (χ3v) is 2.45. The number of benzene rings is 1. The molecule has 17 heavy (non-hydrogen) atoms. The molecule has 1 amide bonds. The molecule has 0 aliphatic heterocycles. The van der Waals surface area contributed by atoms with Crippen molar-refractivity contribution in [1.29, 1.82) is 5.26 Å². The summed E-state index contributed by atoms with van der Waals surface area (Å²) in [7, 11) is 0. The Bertz CT molecular complexity index is 440. The van der Waals surface area contributed by atoms with Crippen molar-refractivity contribution in [2.75, 3.05) is 18.4 Å². The molecule has 0 radical (unpaired) electrons. The Hall–Kier alpha value is -1.73. The van der Waals surface area contributed by atoms with Gasteiger partial charge in [-0.05, 0) is 24.6 Å². The van der Waals surface area contributed by atoms with Crippen LogP contribution >= 0.6 is 11.6 Å². The van der Waals surface area contributed by atoms with Crippen LogP contribution < -0.4 is 10.6 Å². The van der Waals surface area contributed by atoms with Gasteiger partial charge in [0.25, 0.3) is 0 Å². The number of nitrogens with one attached hydrogen (secondary N) is 2. The average molecular weight is 252 g/mol. The zero-order valence-corrected chi connectivity index (χ0v) is 10.3. The number of hydrogen-bond acceptors (Lipinski definition) is 3. The third-order valence-electron chi connectivity index (χ3n) is 2.12. The first kappa shape index (κ1) is 13.3. The van der Waals surface area contributed by atoms with Crippen molar-refractivity contribution >= 4 is 23.2 Å². The number of nitrogens with zero attached hydrogens (tertiary/aromatic N) is 1. The Labute approximate surface area is 106 Å². The molecule has 0 atom stereocenters. The van der Waals surface area contributed by atoms with Crippen LogP contribution in [0, 0.1) is 18.3 Å². The number of anilines is 1. The van der Waals surface area contributed by atoms with Gasteiger partial charge in [0.05, 0.1) is 29.7 Å². The zero-order chi connectivity index (χ0) is 12.7. The second-order valence-electron chi connectivity index (χ2n) is 3.59. The van der Waals surface area contributed by atoms with Crippen LogP contribution in [-0.4, -0.2) is 19.0 Å². The highest BCUT2D eigenvalue weighted by atomic mass is 35.5. The first-order chi connectivity index (χ1) is 8.13. The smallest absolute Gasteiger partial charge is 0.239 e. The third kappa shape index (κ3) is 4.75. The molecule has 0 bridgehead atoms. The zero-order valence-electron chi connectivity index (χ0n) is 9.59. The van der Waals surface area contributed by atoms with Gasteiger partial charge in [-0.3, -0.25) is 4.79 Å². The van der Waals surface area contributed by atoms with Crippen LogP contribution in [0.4, 0.5) is 5.69 Å². The number of halogens is 1. The summed E-state index contributed by atoms with van der Waals surface area (Å²) in [6.07, 6.45) is 0.316. The van der Waals surface area contributed by atoms with Crippen LogP contribution in [0.25, 0.3) is 0 Å². The molecule has 0 aromatic heterocycles. The van der Waals surface area contributed by atoms with Crippen LogP contribution in [0.1, 0.15) is 12.0 Å². The predicted molar refractivity (Wildman–Crippen MR) is 67.9 cm³/mol. The first-order valence-corrected chi connectivity index (χ1v) is 5.65. The van der Waals surface area contributed by atoms with E-state index in [1.54, 1.807) is 6.07 Å². The van der Waals surface area contributed by atoms with Gasteiger partial charge in [-0.15, -0.1) is 0 Å². The highest BCUT2D eigenvalue weighted by Crippen LogP contribution is 2.22. The summed E-state index contributed by atoms with van der Waals surface area (Å²) in [5, 5.41) is 14.5. The van der Waals surface area contributed by atoms with Crippen LogP contribution in [0.5, 0.6) is 0 Å². The maximum absolute atomic E-state index is 11.4. The van der Waals surface area contributed by atoms with Crippen molar-refractivity contribution < 1.29 is 4.79 Å². The van der Waals surface area contributed by atoms with Gasteiger partial charge in [-0.2, -0.15) is 5.26 Å². The van der Waals surface area contributed by atoms with E-state index in [2.05, 4.69) is 10.6 Å². The molecule has 4 nitrogen and oxygen atoms in total. The van der Waals surface area contributed by atoms with Crippen molar-refractivity contribution in [3.05, 3.63) is 28.8 Å². The summed E-state index contributed by atoms with van der Waals surface area (Å²) >= 11 is 5.97. The van der Waals surface area contributed by atoms with E-state index in [-0.39, 0.29) is 12.5 Å². The summed E-state index contributed by atoms with van der Waals surface area (Å²) in [6.45, 7) is 2.47. The molecule has 0 fully saturated rings. The van der Waals surface area contributed by atoms with Gasteiger partial charge >= 0.3 is 0 Å². The molecule has 1 aromatic carbocycles. The SMILES string of the molecule is Cc1ccc(Cl)c(NCC(=O)NCCC#N)c1. The topological polar surface area (TPSA) is 64.9 Å². The van der Waals surface area contributed by atoms with Crippen molar-refractivity contribution in [2.24, 2.45) is 0 Å². The van der Waals surface area contributed by atoms with Crippen molar-refractivity contribution in [1.82, 2.24) is 5.32 Å². The summed E-state index contributed by atoms with van der Waals surface area (Å²) in [5.41, 5.74) is 1.81. The lowest BCUT2D eigenvalue weighted by atomic mass is 10.2. The fourth-order valence-corrected chi connectivity index (χ4v) is 1.45. The molecule has 0 spiro atoms. The first-order valence-electron chi connectivity index (χ1n) is 5.27. The van der Waals surface area contributed by atoms with E-state index in [4.69, 9.17) is 16.9 Å². The predicted octanol–water partition coefficient (Wildman–Crippen LogP) is 2.09. The Morgan fingerprint density at radius 2 is 2.29 bits per heavy atom. The van der Waals surface area contributed by atoms with Gasteiger partial charge in [-0.25, -0.2) is 0 Å². The second kappa shape index (κ2) is 6.77. The monoisotopic (exact) mass is 251 g/mol. The van der Waals surface area contributed by atoms with E-state index in [9.17, 15) is 4.79 Å². The lowest BCUT2D eigenvalue weighted by Crippen LogP contribution is -2.30. The molecular weight excluding hydrogens is 238 g/mol. The maximum Gasteiger partial charge on any atom is 0.239 e. The quantitative estimate of drug-likeness (QED) is 0.788. The van der Waals surface area contributed by atoms with E-state index in [1.807, 2.05) is 25.1 Å². The summed E-state index contributed by atoms with van der Waals surface area (Å²) < 4.78 is 0. The summed E-state index contributed by atoms with van der Waals surface area (Å²) in [4.78, 5) is 11.4. The average Bonchev–Trinajstić information content (AvgIpc) is 2.31. The van der Waals surface area contributed by atoms with E-state index in [1.165, 1.54) is 0 Å². The molecule has 0 aliphatic rings. The lowest BCUT2D eigenvalue weighted by Gasteiger charge is -2.09. The van der Waals surface area contributed by atoms with Crippen LogP contribution in [0.3, 0.4) is 0 Å². The van der Waals surface area contributed by atoms with Gasteiger partial charge in [0, 0.05) is 6.54 Å². The van der Waals surface area contributed by atoms with E-state index in [0.29, 0.717) is 18.0 Å². The molecule has 0 saturated heterocycles. The fraction of sp³-hybridized carbons (Fsp3) is 0.333. The minimum Gasteiger partial charge on any atom is -0.375 e. The molecule has 5 heteroatoms. The number of nitriles is 1. The summed E-state index contributed by atoms with van der Waals surface area (Å²) in [5.74, 6) is -0.155. The molecule has 0 saturated carbocycles. The highest BCUT2D eigenvalue weighted by Gasteiger charge is 2.03. The molecule has 1 rings (SSSR count). The molecule has 1 aromatic rings. The van der Waals surface area contributed by atoms with Crippen LogP contribution in [-0.2, 0) is 4.79 Å². The standard InChI is InChI=1S/C12H14ClN3O/c1-9-3-4-10(13)11(7-9)16-8-12(17)15-6-2-5-14/h3-4,7,16H,2,6,8H2,1H3,(H,15,17). The lowest BCUT2D eigenvalue weighted by molar-refractivity contribution is -0.119. The number of rotatable bonds is 5. The van der Waals surface area contributed by atoms with Crippen molar-refractivity contribution in [3.63, 3.8) is 0 Å². The molecule has 0 aliphatic carbocycles. The van der Waals surface area contributed by atoms with Crippen LogP contribution in [0.15, 0.2) is 18.2 Å². The minimum absolute atomic E-state index is 0.147. The Morgan fingerprint density at radius 1 is 1.53 bits per heavy atom. The van der Waals surface area contributed by atoms with Crippen LogP contribution in [0.2, 0.25) is 5.02 Å². The molecular formula is C12H14ClN3O. The Morgan fingerprint density at radius 3 is 3.00 bits per heavy atom. The second-order valence-corrected chi connectivity index (χ2v) is 4.00. The van der Waals surface area contributed by atoms with Gasteiger partial charge in [0.2, 0.25) is 5.91 Å². The number of aryl methyl sites for hydroxylation is 1. The molecule has 0 heterocycles. The Kier molecular flexibility index (Phi) is 5.31. The fourth-order valence-electron chi connectivity index (χ4n) is 1.27. The summed E-state index contributed by atoms with van der Waals surface area (Å²) in [6, 6.07) is 7.52. The number of amides is 1. The number of carbonyl (C=O) groups excluding carboxylic acids is 1. The minimum atomic E-state index is -0.155. The van der Waals surface area contributed by atoms with E-state index < -0.39 is 0 Å². The normalized spacial score (nSPS) is 9.47. The molecule has 90 valence electrons. The Balaban J connectivity index is 2.42. The molecule has 2 N–H and O–H groups in total. The number of carbonyl (C=O) groups is 1. The number of hydrogen-bond donors (Lipinski definition) is 2. The highest BCUT2D eigenvalue weighted by molar-refractivity contribution is 6.33. The van der Waals surface area contributed by atoms with Gasteiger partial charge < -0.3 is 10.6 Å². The van der Waals surface area contributed by atoms with Gasteiger partial charge in [0.15, 0.2) is 0 Å². The molecule has 0 unspecified atom stereocenters. The van der Waals surface area contributed by atoms with Crippen molar-refractivity contribution in [3.8, 4) is 6.07 Å². The maximum atomic E-state index is 11.4. The largest absolute Gasteiger partial charge is 0.375 e. The van der Waals surface area contributed by atoms with E-state index in [0.717, 1.165) is 11.3 Å². The van der Waals surface area contributed by atoms with Crippen molar-refractivity contribution in [2.45, 2.75) is 13.3 Å². The van der Waals surface area contributed by atoms with Gasteiger partial charge in [-0.1, -0.05) is 17.7 Å². The van der Waals surface area contributed by atoms with Gasteiger partial charge in [0.1, 0.15) is 0 Å². The van der Waals surface area contributed by atoms with E-state index >= 15 is 0 Å².